The highest BCUT2D eigenvalue weighted by atomic mass is 32.2. The van der Waals surface area contributed by atoms with Crippen molar-refractivity contribution in [2.45, 2.75) is 12.8 Å². The average molecular weight is 193 g/mol. The van der Waals surface area contributed by atoms with Crippen molar-refractivity contribution in [3.05, 3.63) is 0 Å². The number of hydrogen-bond acceptors (Lipinski definition) is 3. The summed E-state index contributed by atoms with van der Waals surface area (Å²) in [5, 5.41) is 8.49. The fourth-order valence-electron chi connectivity index (χ4n) is 1.05. The van der Waals surface area contributed by atoms with Crippen LogP contribution in [-0.2, 0) is 10.0 Å². The second-order valence-corrected chi connectivity index (χ2v) is 5.46. The van der Waals surface area contributed by atoms with Crippen molar-refractivity contribution in [2.75, 3.05) is 26.0 Å². The smallest absolute Gasteiger partial charge is 0.216 e. The maximum absolute atomic E-state index is 11.3. The number of sulfonamides is 1. The van der Waals surface area contributed by atoms with Crippen molar-refractivity contribution >= 4 is 10.0 Å². The average Bonchev–Trinajstić information content (AvgIpc) is 2.71. The van der Waals surface area contributed by atoms with Gasteiger partial charge in [0.1, 0.15) is 0 Å². The second kappa shape index (κ2) is 3.72. The summed E-state index contributed by atoms with van der Waals surface area (Å²) in [7, 11) is -1.61. The Balaban J connectivity index is 2.42. The van der Waals surface area contributed by atoms with Gasteiger partial charge in [-0.25, -0.2) is 12.7 Å². The van der Waals surface area contributed by atoms with Crippen molar-refractivity contribution in [1.29, 1.82) is 0 Å². The third kappa shape index (κ3) is 2.73. The molecule has 1 fully saturated rings. The lowest BCUT2D eigenvalue weighted by molar-refractivity contribution is 0.315. The van der Waals surface area contributed by atoms with E-state index < -0.39 is 10.0 Å². The lowest BCUT2D eigenvalue weighted by Crippen LogP contribution is -2.32. The molecule has 4 nitrogen and oxygen atoms in total. The SMILES string of the molecule is CN(CC1CC1)S(=O)(=O)CCO. The van der Waals surface area contributed by atoms with E-state index in [4.69, 9.17) is 5.11 Å². The van der Waals surface area contributed by atoms with Crippen molar-refractivity contribution < 1.29 is 13.5 Å². The van der Waals surface area contributed by atoms with Crippen LogP contribution in [0.1, 0.15) is 12.8 Å². The molecular weight excluding hydrogens is 178 g/mol. The Labute approximate surface area is 73.2 Å². The van der Waals surface area contributed by atoms with Gasteiger partial charge in [-0.3, -0.25) is 0 Å². The fraction of sp³-hybridized carbons (Fsp3) is 1.00. The molecular formula is C7H15NO3S. The molecule has 0 atom stereocenters. The van der Waals surface area contributed by atoms with Crippen LogP contribution in [0.5, 0.6) is 0 Å². The number of nitrogens with zero attached hydrogens (tertiary/aromatic N) is 1. The first-order valence-electron chi connectivity index (χ1n) is 4.11. The zero-order valence-corrected chi connectivity index (χ0v) is 8.05. The third-order valence-corrected chi connectivity index (χ3v) is 3.83. The lowest BCUT2D eigenvalue weighted by Gasteiger charge is -2.15. The summed E-state index contributed by atoms with van der Waals surface area (Å²) in [6.45, 7) is 0.319. The van der Waals surface area contributed by atoms with Gasteiger partial charge in [-0.15, -0.1) is 0 Å². The summed E-state index contributed by atoms with van der Waals surface area (Å²) in [5.74, 6) is 0.402. The Bertz CT molecular complexity index is 233. The van der Waals surface area contributed by atoms with Crippen molar-refractivity contribution in [1.82, 2.24) is 4.31 Å². The van der Waals surface area contributed by atoms with Gasteiger partial charge >= 0.3 is 0 Å². The van der Waals surface area contributed by atoms with Crippen molar-refractivity contribution in [3.63, 3.8) is 0 Å². The van der Waals surface area contributed by atoms with E-state index in [1.807, 2.05) is 0 Å². The summed E-state index contributed by atoms with van der Waals surface area (Å²) in [4.78, 5) is 0. The molecule has 12 heavy (non-hydrogen) atoms. The van der Waals surface area contributed by atoms with Gasteiger partial charge in [0.05, 0.1) is 12.4 Å². The first-order valence-corrected chi connectivity index (χ1v) is 5.72. The normalized spacial score (nSPS) is 18.6. The Morgan fingerprint density at radius 1 is 1.50 bits per heavy atom. The van der Waals surface area contributed by atoms with Gasteiger partial charge in [0.2, 0.25) is 10.0 Å². The van der Waals surface area contributed by atoms with Gasteiger partial charge in [-0.1, -0.05) is 0 Å². The number of aliphatic hydroxyl groups excluding tert-OH is 1. The zero-order valence-electron chi connectivity index (χ0n) is 7.23. The van der Waals surface area contributed by atoms with Gasteiger partial charge in [-0.05, 0) is 18.8 Å². The van der Waals surface area contributed by atoms with E-state index in [9.17, 15) is 8.42 Å². The molecule has 72 valence electrons. The number of aliphatic hydroxyl groups is 1. The van der Waals surface area contributed by atoms with Crippen LogP contribution in [0.25, 0.3) is 0 Å². The van der Waals surface area contributed by atoms with Crippen LogP contribution in [0.15, 0.2) is 0 Å². The number of rotatable bonds is 5. The predicted molar refractivity (Wildman–Crippen MR) is 46.2 cm³/mol. The standard InChI is InChI=1S/C7H15NO3S/c1-8(6-7-2-3-7)12(10,11)5-4-9/h7,9H,2-6H2,1H3. The van der Waals surface area contributed by atoms with E-state index in [2.05, 4.69) is 0 Å². The Morgan fingerprint density at radius 3 is 2.50 bits per heavy atom. The Kier molecular flexibility index (Phi) is 3.09. The molecule has 1 N–H and O–H groups in total. The van der Waals surface area contributed by atoms with Crippen molar-refractivity contribution in [3.8, 4) is 0 Å². The number of hydrogen-bond donors (Lipinski definition) is 1. The fourth-order valence-corrected chi connectivity index (χ4v) is 2.03. The molecule has 5 heteroatoms. The predicted octanol–water partition coefficient (Wildman–Crippen LogP) is -0.350. The summed E-state index contributed by atoms with van der Waals surface area (Å²) in [6.07, 6.45) is 2.28. The molecule has 0 aromatic carbocycles. The molecule has 0 aromatic heterocycles. The highest BCUT2D eigenvalue weighted by Gasteiger charge is 2.27. The third-order valence-electron chi connectivity index (χ3n) is 2.04. The molecule has 0 amide bonds. The van der Waals surface area contributed by atoms with E-state index in [0.717, 1.165) is 12.8 Å². The molecule has 0 saturated heterocycles. The monoisotopic (exact) mass is 193 g/mol. The molecule has 1 saturated carbocycles. The second-order valence-electron chi connectivity index (χ2n) is 3.26. The van der Waals surface area contributed by atoms with Gasteiger partial charge in [0.25, 0.3) is 0 Å². The molecule has 0 radical (unpaired) electrons. The van der Waals surface area contributed by atoms with Gasteiger partial charge in [0.15, 0.2) is 0 Å². The van der Waals surface area contributed by atoms with Crippen LogP contribution in [0, 0.1) is 5.92 Å². The van der Waals surface area contributed by atoms with Crippen LogP contribution < -0.4 is 0 Å². The molecule has 1 aliphatic carbocycles. The van der Waals surface area contributed by atoms with Gasteiger partial charge < -0.3 is 5.11 Å². The first-order chi connectivity index (χ1) is 5.56. The maximum atomic E-state index is 11.3. The van der Waals surface area contributed by atoms with E-state index in [0.29, 0.717) is 12.5 Å². The Morgan fingerprint density at radius 2 is 2.08 bits per heavy atom. The maximum Gasteiger partial charge on any atom is 0.216 e. The minimum atomic E-state index is -3.18. The molecule has 0 bridgehead atoms. The highest BCUT2D eigenvalue weighted by molar-refractivity contribution is 7.89. The van der Waals surface area contributed by atoms with Crippen LogP contribution in [-0.4, -0.2) is 43.8 Å². The van der Waals surface area contributed by atoms with Crippen LogP contribution in [0.4, 0.5) is 0 Å². The van der Waals surface area contributed by atoms with Crippen molar-refractivity contribution in [2.24, 2.45) is 5.92 Å². The zero-order chi connectivity index (χ0) is 9.19. The Hall–Kier alpha value is -0.130. The van der Waals surface area contributed by atoms with Gasteiger partial charge in [-0.2, -0.15) is 0 Å². The largest absolute Gasteiger partial charge is 0.395 e. The topological polar surface area (TPSA) is 57.6 Å². The summed E-state index contributed by atoms with van der Waals surface area (Å²) in [6, 6.07) is 0. The molecule has 0 heterocycles. The minimum Gasteiger partial charge on any atom is -0.395 e. The van der Waals surface area contributed by atoms with Gasteiger partial charge in [0, 0.05) is 13.6 Å². The van der Waals surface area contributed by atoms with Crippen LogP contribution >= 0.6 is 0 Å². The lowest BCUT2D eigenvalue weighted by atomic mass is 10.4. The molecule has 0 unspecified atom stereocenters. The molecule has 1 rings (SSSR count). The molecule has 0 aromatic rings. The van der Waals surface area contributed by atoms with E-state index >= 15 is 0 Å². The quantitative estimate of drug-likeness (QED) is 0.649. The van der Waals surface area contributed by atoms with E-state index in [1.165, 1.54) is 4.31 Å². The summed E-state index contributed by atoms with van der Waals surface area (Å²) in [5.41, 5.74) is 0. The molecule has 0 spiro atoms. The highest BCUT2D eigenvalue weighted by Crippen LogP contribution is 2.29. The first kappa shape index (κ1) is 9.95. The van der Waals surface area contributed by atoms with Crippen LogP contribution in [0.3, 0.4) is 0 Å². The van der Waals surface area contributed by atoms with Crippen LogP contribution in [0.2, 0.25) is 0 Å². The minimum absolute atomic E-state index is 0.157. The summed E-state index contributed by atoms with van der Waals surface area (Å²) >= 11 is 0. The van der Waals surface area contributed by atoms with E-state index in [1.54, 1.807) is 7.05 Å². The summed E-state index contributed by atoms with van der Waals surface area (Å²) < 4.78 is 23.9. The van der Waals surface area contributed by atoms with E-state index in [-0.39, 0.29) is 12.4 Å². The molecule has 1 aliphatic rings. The molecule has 0 aliphatic heterocycles.